The van der Waals surface area contributed by atoms with Crippen LogP contribution in [0.2, 0.25) is 0 Å². The Morgan fingerprint density at radius 1 is 1.06 bits per heavy atom. The molecule has 3 amide bonds. The van der Waals surface area contributed by atoms with Crippen molar-refractivity contribution in [3.8, 4) is 0 Å². The van der Waals surface area contributed by atoms with Crippen molar-refractivity contribution in [3.05, 3.63) is 65.7 Å². The van der Waals surface area contributed by atoms with E-state index in [9.17, 15) is 24.3 Å². The van der Waals surface area contributed by atoms with Crippen molar-refractivity contribution in [2.24, 2.45) is 0 Å². The first-order valence-electron chi connectivity index (χ1n) is 10.5. The number of carboxylic acid groups (broad SMARTS) is 1. The fourth-order valence-corrected chi connectivity index (χ4v) is 3.61. The number of ether oxygens (including phenoxy) is 1. The van der Waals surface area contributed by atoms with Crippen LogP contribution >= 0.6 is 0 Å². The van der Waals surface area contributed by atoms with Crippen LogP contribution in [0, 0.1) is 0 Å². The van der Waals surface area contributed by atoms with Crippen molar-refractivity contribution in [1.29, 1.82) is 0 Å². The Morgan fingerprint density at radius 2 is 1.70 bits per heavy atom. The summed E-state index contributed by atoms with van der Waals surface area (Å²) in [5, 5.41) is 14.6. The average Bonchev–Trinajstić information content (AvgIpc) is 3.15. The summed E-state index contributed by atoms with van der Waals surface area (Å²) in [6, 6.07) is 13.3. The molecule has 33 heavy (non-hydrogen) atoms. The number of rotatable bonds is 6. The molecule has 1 aliphatic heterocycles. The van der Waals surface area contributed by atoms with Gasteiger partial charge in [0.05, 0.1) is 6.54 Å². The van der Waals surface area contributed by atoms with Gasteiger partial charge in [-0.15, -0.1) is 0 Å². The number of carbonyl (C=O) groups is 4. The second kappa shape index (κ2) is 9.72. The van der Waals surface area contributed by atoms with Crippen LogP contribution in [0.4, 0.5) is 10.5 Å². The van der Waals surface area contributed by atoms with E-state index in [2.05, 4.69) is 10.6 Å². The van der Waals surface area contributed by atoms with E-state index in [4.69, 9.17) is 4.74 Å². The molecule has 0 saturated heterocycles. The molecule has 0 aliphatic carbocycles. The van der Waals surface area contributed by atoms with Gasteiger partial charge in [0.1, 0.15) is 17.7 Å². The topological polar surface area (TPSA) is 125 Å². The molecule has 0 fully saturated rings. The van der Waals surface area contributed by atoms with Crippen molar-refractivity contribution in [1.82, 2.24) is 10.6 Å². The van der Waals surface area contributed by atoms with Gasteiger partial charge in [0, 0.05) is 12.1 Å². The lowest BCUT2D eigenvalue weighted by molar-refractivity contribution is -0.139. The first-order chi connectivity index (χ1) is 15.6. The molecular weight excluding hydrogens is 426 g/mol. The minimum absolute atomic E-state index is 0.192. The molecule has 2 atom stereocenters. The highest BCUT2D eigenvalue weighted by atomic mass is 16.6. The number of hydrogen-bond acceptors (Lipinski definition) is 5. The predicted molar refractivity (Wildman–Crippen MR) is 121 cm³/mol. The van der Waals surface area contributed by atoms with Crippen LogP contribution in [-0.4, -0.2) is 47.2 Å². The maximum absolute atomic E-state index is 13.0. The van der Waals surface area contributed by atoms with Crippen LogP contribution in [0.1, 0.15) is 37.9 Å². The van der Waals surface area contributed by atoms with Gasteiger partial charge >= 0.3 is 12.1 Å². The highest BCUT2D eigenvalue weighted by Gasteiger charge is 2.38. The Morgan fingerprint density at radius 3 is 2.33 bits per heavy atom. The second-order valence-electron chi connectivity index (χ2n) is 8.66. The molecular formula is C24H27N3O6. The third-order valence-corrected chi connectivity index (χ3v) is 5.00. The van der Waals surface area contributed by atoms with Gasteiger partial charge in [-0.25, -0.2) is 9.59 Å². The summed E-state index contributed by atoms with van der Waals surface area (Å²) in [5.74, 6) is -2.32. The highest BCUT2D eigenvalue weighted by Crippen LogP contribution is 2.32. The maximum atomic E-state index is 13.0. The highest BCUT2D eigenvalue weighted by molar-refractivity contribution is 6.04. The van der Waals surface area contributed by atoms with Crippen molar-refractivity contribution in [2.45, 2.75) is 44.9 Å². The Balaban J connectivity index is 1.73. The zero-order chi connectivity index (χ0) is 24.2. The summed E-state index contributed by atoms with van der Waals surface area (Å²) in [6.07, 6.45) is -0.588. The molecule has 0 unspecified atom stereocenters. The summed E-state index contributed by atoms with van der Waals surface area (Å²) >= 11 is 0. The van der Waals surface area contributed by atoms with Crippen molar-refractivity contribution in [3.63, 3.8) is 0 Å². The third kappa shape index (κ3) is 5.88. The smallest absolute Gasteiger partial charge is 0.408 e. The maximum Gasteiger partial charge on any atom is 0.408 e. The van der Waals surface area contributed by atoms with Crippen molar-refractivity contribution >= 4 is 29.6 Å². The van der Waals surface area contributed by atoms with Gasteiger partial charge in [-0.3, -0.25) is 14.5 Å². The van der Waals surface area contributed by atoms with E-state index >= 15 is 0 Å². The number of benzene rings is 2. The predicted octanol–water partition coefficient (Wildman–Crippen LogP) is 2.41. The molecule has 9 heteroatoms. The largest absolute Gasteiger partial charge is 0.480 e. The first kappa shape index (κ1) is 23.8. The number of fused-ring (bicyclic) bond motifs is 1. The van der Waals surface area contributed by atoms with E-state index in [1.165, 1.54) is 4.90 Å². The Hall–Kier alpha value is -3.88. The molecule has 0 spiro atoms. The fraction of sp³-hybridized carbons (Fsp3) is 0.333. The van der Waals surface area contributed by atoms with E-state index in [0.29, 0.717) is 11.3 Å². The lowest BCUT2D eigenvalue weighted by Gasteiger charge is -2.25. The number of alkyl carbamates (subject to hydrolysis) is 1. The number of carboxylic acids is 1. The molecule has 0 aromatic heterocycles. The quantitative estimate of drug-likeness (QED) is 0.617. The van der Waals surface area contributed by atoms with Gasteiger partial charge in [0.15, 0.2) is 0 Å². The molecule has 3 N–H and O–H groups in total. The fourth-order valence-electron chi connectivity index (χ4n) is 3.61. The van der Waals surface area contributed by atoms with Crippen molar-refractivity contribution in [2.75, 3.05) is 11.4 Å². The third-order valence-electron chi connectivity index (χ3n) is 5.00. The number of aliphatic carboxylic acids is 1. The van der Waals surface area contributed by atoms with Crippen LogP contribution in [0.5, 0.6) is 0 Å². The number of para-hydroxylation sites is 1. The number of carbonyl (C=O) groups excluding carboxylic acids is 3. The Bertz CT molecular complexity index is 1050. The minimum Gasteiger partial charge on any atom is -0.480 e. The molecule has 1 heterocycles. The molecule has 3 rings (SSSR count). The van der Waals surface area contributed by atoms with Crippen molar-refractivity contribution < 1.29 is 29.0 Å². The normalized spacial score (nSPS) is 15.8. The summed E-state index contributed by atoms with van der Waals surface area (Å²) in [4.78, 5) is 51.1. The molecule has 0 saturated carbocycles. The van der Waals surface area contributed by atoms with E-state index in [1.807, 2.05) is 0 Å². The van der Waals surface area contributed by atoms with Gasteiger partial charge in [0.2, 0.25) is 11.8 Å². The van der Waals surface area contributed by atoms with Gasteiger partial charge in [-0.2, -0.15) is 0 Å². The standard InChI is InChI=1S/C24H27N3O6/c1-24(2,3)33-23(32)26-20(15-9-5-4-6-10-15)21(29)25-14-19(28)27-17-12-8-7-11-16(17)13-18(27)22(30)31/h4-12,18,20H,13-14H2,1-3H3,(H,25,29)(H,26,32)(H,30,31)/t18-,20-/m0/s1. The van der Waals surface area contributed by atoms with Crippen LogP contribution in [-0.2, 0) is 25.5 Å². The number of amides is 3. The van der Waals surface area contributed by atoms with Crippen LogP contribution in [0.3, 0.4) is 0 Å². The molecule has 2 aromatic carbocycles. The Kier molecular flexibility index (Phi) is 7.01. The van der Waals surface area contributed by atoms with Crippen LogP contribution < -0.4 is 15.5 Å². The lowest BCUT2D eigenvalue weighted by atomic mass is 10.1. The molecule has 0 bridgehead atoms. The second-order valence-corrected chi connectivity index (χ2v) is 8.66. The number of hydrogen-bond donors (Lipinski definition) is 3. The van der Waals surface area contributed by atoms with Gasteiger partial charge < -0.3 is 20.5 Å². The van der Waals surface area contributed by atoms with E-state index < -0.39 is 48.1 Å². The van der Waals surface area contributed by atoms with E-state index in [-0.39, 0.29) is 6.42 Å². The Labute approximate surface area is 191 Å². The SMILES string of the molecule is CC(C)(C)OC(=O)N[C@H](C(=O)NCC(=O)N1c2ccccc2C[C@H]1C(=O)O)c1ccccc1. The number of nitrogens with one attached hydrogen (secondary N) is 2. The van der Waals surface area contributed by atoms with Crippen LogP contribution in [0.25, 0.3) is 0 Å². The molecule has 1 aliphatic rings. The molecule has 0 radical (unpaired) electrons. The summed E-state index contributed by atoms with van der Waals surface area (Å²) in [6.45, 7) is 4.68. The molecule has 174 valence electrons. The summed E-state index contributed by atoms with van der Waals surface area (Å²) in [7, 11) is 0. The molecule has 2 aromatic rings. The average molecular weight is 453 g/mol. The van der Waals surface area contributed by atoms with Gasteiger partial charge in [-0.05, 0) is 38.0 Å². The first-order valence-corrected chi connectivity index (χ1v) is 10.5. The van der Waals surface area contributed by atoms with Gasteiger partial charge in [-0.1, -0.05) is 48.5 Å². The number of anilines is 1. The van der Waals surface area contributed by atoms with Crippen LogP contribution in [0.15, 0.2) is 54.6 Å². The van der Waals surface area contributed by atoms with E-state index in [0.717, 1.165) is 5.56 Å². The summed E-state index contributed by atoms with van der Waals surface area (Å²) < 4.78 is 5.26. The zero-order valence-electron chi connectivity index (χ0n) is 18.7. The van der Waals surface area contributed by atoms with E-state index in [1.54, 1.807) is 75.4 Å². The van der Waals surface area contributed by atoms with Gasteiger partial charge in [0.25, 0.3) is 0 Å². The monoisotopic (exact) mass is 453 g/mol. The molecule has 9 nitrogen and oxygen atoms in total. The minimum atomic E-state index is -1.13. The lowest BCUT2D eigenvalue weighted by Crippen LogP contribution is -2.49. The zero-order valence-corrected chi connectivity index (χ0v) is 18.7. The summed E-state index contributed by atoms with van der Waals surface area (Å²) in [5.41, 5.74) is 1.00. The number of nitrogens with zero attached hydrogens (tertiary/aromatic N) is 1.